The zero-order valence-corrected chi connectivity index (χ0v) is 23.5. The Morgan fingerprint density at radius 1 is 0.490 bits per heavy atom. The van der Waals surface area contributed by atoms with E-state index >= 15 is 0 Å². The number of ketones is 1. The number of hydrogen-bond acceptors (Lipinski definition) is 3. The van der Waals surface area contributed by atoms with Crippen molar-refractivity contribution in [2.45, 2.75) is 92.3 Å². The van der Waals surface area contributed by atoms with Crippen molar-refractivity contribution in [3.8, 4) is 11.5 Å². The Hall–Kier alpha value is -3.05. The van der Waals surface area contributed by atoms with E-state index in [1.807, 2.05) is 0 Å². The summed E-state index contributed by atoms with van der Waals surface area (Å²) in [5, 5.41) is 0. The molecule has 286 valence electrons. The molecule has 0 radical (unpaired) electrons. The fourth-order valence-electron chi connectivity index (χ4n) is 3.44. The maximum Gasteiger partial charge on any atom is 0.460 e. The Kier molecular flexibility index (Phi) is 12.2. The molecule has 0 bridgehead atoms. The number of Topliss-reactive ketones (excluding diaryl/α,β-unsaturated/α-hetero) is 1. The Morgan fingerprint density at radius 3 is 1.12 bits per heavy atom. The predicted octanol–water partition coefficient (Wildman–Crippen LogP) is 10.4. The third kappa shape index (κ3) is 7.98. The number of alkyl halides is 22. The Morgan fingerprint density at radius 2 is 0.816 bits per heavy atom. The number of benzene rings is 1. The molecule has 0 N–H and O–H groups in total. The van der Waals surface area contributed by atoms with Gasteiger partial charge in [0.25, 0.3) is 0 Å². The first-order valence-corrected chi connectivity index (χ1v) is 12.5. The lowest BCUT2D eigenvalue weighted by Gasteiger charge is -2.37. The number of ether oxygens (including phenoxy) is 2. The maximum absolute atomic E-state index is 13.9. The summed E-state index contributed by atoms with van der Waals surface area (Å²) >= 11 is 0. The van der Waals surface area contributed by atoms with Gasteiger partial charge in [-0.2, -0.15) is 96.6 Å². The van der Waals surface area contributed by atoms with Crippen LogP contribution in [0.1, 0.15) is 43.0 Å². The standard InChI is InChI=1S/C24H18F22O3/c1-11(47)12-4-5-13(48-8-2-6-15(25,26)17(29,30)19(33,34)21(37,38)23(41,42)43)14(10-12)49-9-3-7-16(27,28)18(31,32)20(35,36)22(39,40)24(44,45)46/h4-5,10H,2-3,6-9H2,1H3. The number of hydrogen-bond donors (Lipinski definition) is 0. The van der Waals surface area contributed by atoms with E-state index in [2.05, 4.69) is 0 Å². The van der Waals surface area contributed by atoms with Crippen molar-refractivity contribution in [2.24, 2.45) is 0 Å². The fraction of sp³-hybridized carbons (Fsp3) is 0.708. The highest BCUT2D eigenvalue weighted by atomic mass is 19.4. The van der Waals surface area contributed by atoms with E-state index in [-0.39, 0.29) is 5.56 Å². The molecule has 0 aromatic heterocycles. The first-order chi connectivity index (χ1) is 21.5. The van der Waals surface area contributed by atoms with Crippen LogP contribution in [0.15, 0.2) is 18.2 Å². The van der Waals surface area contributed by atoms with Crippen molar-refractivity contribution >= 4 is 5.78 Å². The van der Waals surface area contributed by atoms with Crippen molar-refractivity contribution in [1.29, 1.82) is 0 Å². The predicted molar refractivity (Wildman–Crippen MR) is 118 cm³/mol. The molecule has 0 unspecified atom stereocenters. The number of carbonyl (C=O) groups excluding carboxylic acids is 1. The molecule has 0 fully saturated rings. The second kappa shape index (κ2) is 13.6. The Balaban J connectivity index is 3.07. The van der Waals surface area contributed by atoms with Gasteiger partial charge in [-0.3, -0.25) is 4.79 Å². The number of carbonyl (C=O) groups is 1. The molecule has 25 heteroatoms. The van der Waals surface area contributed by atoms with Crippen LogP contribution >= 0.6 is 0 Å². The van der Waals surface area contributed by atoms with Gasteiger partial charge < -0.3 is 9.47 Å². The average molecular weight is 772 g/mol. The van der Waals surface area contributed by atoms with Gasteiger partial charge in [0.1, 0.15) is 0 Å². The van der Waals surface area contributed by atoms with Gasteiger partial charge in [0, 0.05) is 18.4 Å². The van der Waals surface area contributed by atoms with Gasteiger partial charge in [0.15, 0.2) is 17.3 Å². The van der Waals surface area contributed by atoms with E-state index in [1.165, 1.54) is 0 Å². The molecular weight excluding hydrogens is 754 g/mol. The van der Waals surface area contributed by atoms with Gasteiger partial charge in [-0.25, -0.2) is 0 Å². The van der Waals surface area contributed by atoms with Crippen LogP contribution in [-0.4, -0.2) is 78.7 Å². The minimum Gasteiger partial charge on any atom is -0.490 e. The van der Waals surface area contributed by atoms with E-state index in [1.54, 1.807) is 0 Å². The minimum atomic E-state index is -7.69. The Bertz CT molecular complexity index is 1300. The highest BCUT2D eigenvalue weighted by Gasteiger charge is 2.88. The molecule has 0 amide bonds. The summed E-state index contributed by atoms with van der Waals surface area (Å²) in [5.41, 5.74) is -0.368. The van der Waals surface area contributed by atoms with Crippen molar-refractivity contribution in [1.82, 2.24) is 0 Å². The lowest BCUT2D eigenvalue weighted by molar-refractivity contribution is -0.422. The molecule has 0 spiro atoms. The van der Waals surface area contributed by atoms with E-state index in [0.29, 0.717) is 12.1 Å². The molecule has 0 aliphatic rings. The van der Waals surface area contributed by atoms with Gasteiger partial charge in [-0.05, 0) is 38.0 Å². The van der Waals surface area contributed by atoms with Crippen LogP contribution in [-0.2, 0) is 0 Å². The second-order valence-electron chi connectivity index (χ2n) is 9.97. The van der Waals surface area contributed by atoms with Gasteiger partial charge >= 0.3 is 59.7 Å². The van der Waals surface area contributed by atoms with Crippen LogP contribution in [0, 0.1) is 0 Å². The highest BCUT2D eigenvalue weighted by Crippen LogP contribution is 2.59. The van der Waals surface area contributed by atoms with Crippen LogP contribution in [0.5, 0.6) is 11.5 Å². The Labute approximate surface area is 258 Å². The molecule has 0 atom stereocenters. The summed E-state index contributed by atoms with van der Waals surface area (Å²) in [6, 6.07) is 2.15. The molecule has 0 saturated heterocycles. The molecule has 1 rings (SSSR count). The SMILES string of the molecule is CC(=O)c1ccc(OCCCC(F)(F)C(F)(F)C(F)(F)C(F)(F)C(F)(F)F)c(OCCCC(F)(F)C(F)(F)C(F)(F)C(F)(F)C(F)(F)F)c1. The fourth-order valence-corrected chi connectivity index (χ4v) is 3.44. The minimum absolute atomic E-state index is 0.368. The lowest BCUT2D eigenvalue weighted by atomic mass is 9.95. The second-order valence-corrected chi connectivity index (χ2v) is 9.97. The summed E-state index contributed by atoms with van der Waals surface area (Å²) in [6.45, 7) is -1.80. The number of rotatable bonds is 17. The summed E-state index contributed by atoms with van der Waals surface area (Å²) in [7, 11) is 0. The van der Waals surface area contributed by atoms with Gasteiger partial charge in [-0.15, -0.1) is 0 Å². The summed E-state index contributed by atoms with van der Waals surface area (Å²) in [5.74, 6) is -60.3. The van der Waals surface area contributed by atoms with E-state index < -0.39 is 116 Å². The summed E-state index contributed by atoms with van der Waals surface area (Å²) < 4.78 is 298. The molecular formula is C24H18F22O3. The molecule has 0 heterocycles. The van der Waals surface area contributed by atoms with Gasteiger partial charge in [-0.1, -0.05) is 0 Å². The smallest absolute Gasteiger partial charge is 0.460 e. The average Bonchev–Trinajstić information content (AvgIpc) is 2.91. The largest absolute Gasteiger partial charge is 0.490 e. The maximum atomic E-state index is 13.9. The molecule has 3 nitrogen and oxygen atoms in total. The van der Waals surface area contributed by atoms with Crippen LogP contribution in [0.3, 0.4) is 0 Å². The van der Waals surface area contributed by atoms with E-state index in [4.69, 9.17) is 9.47 Å². The van der Waals surface area contributed by atoms with Crippen LogP contribution in [0.25, 0.3) is 0 Å². The highest BCUT2D eigenvalue weighted by molar-refractivity contribution is 5.94. The van der Waals surface area contributed by atoms with Gasteiger partial charge in [0.2, 0.25) is 0 Å². The molecule has 49 heavy (non-hydrogen) atoms. The van der Waals surface area contributed by atoms with Crippen molar-refractivity contribution in [3.63, 3.8) is 0 Å². The number of halogens is 22. The van der Waals surface area contributed by atoms with Crippen molar-refractivity contribution < 1.29 is 111 Å². The molecule has 0 aliphatic heterocycles. The van der Waals surface area contributed by atoms with Crippen LogP contribution in [0.4, 0.5) is 96.6 Å². The normalized spacial score (nSPS) is 15.0. The van der Waals surface area contributed by atoms with E-state index in [0.717, 1.165) is 13.0 Å². The first-order valence-electron chi connectivity index (χ1n) is 12.5. The topological polar surface area (TPSA) is 35.5 Å². The molecule has 1 aromatic carbocycles. The van der Waals surface area contributed by atoms with E-state index in [9.17, 15) is 101 Å². The zero-order chi connectivity index (χ0) is 39.1. The third-order valence-electron chi connectivity index (χ3n) is 6.34. The van der Waals surface area contributed by atoms with Gasteiger partial charge in [0.05, 0.1) is 13.2 Å². The summed E-state index contributed by atoms with van der Waals surface area (Å²) in [4.78, 5) is 11.6. The summed E-state index contributed by atoms with van der Waals surface area (Å²) in [6.07, 6.45) is -23.0. The quantitative estimate of drug-likeness (QED) is 0.0899. The third-order valence-corrected chi connectivity index (χ3v) is 6.34. The molecule has 0 saturated carbocycles. The van der Waals surface area contributed by atoms with Crippen LogP contribution in [0.2, 0.25) is 0 Å². The zero-order valence-electron chi connectivity index (χ0n) is 23.5. The molecule has 1 aromatic rings. The monoisotopic (exact) mass is 772 g/mol. The molecule has 0 aliphatic carbocycles. The van der Waals surface area contributed by atoms with Crippen molar-refractivity contribution in [2.75, 3.05) is 13.2 Å². The lowest BCUT2D eigenvalue weighted by Crippen LogP contribution is -2.66. The van der Waals surface area contributed by atoms with Crippen molar-refractivity contribution in [3.05, 3.63) is 23.8 Å². The first kappa shape index (κ1) is 44.0. The van der Waals surface area contributed by atoms with Crippen LogP contribution < -0.4 is 9.47 Å².